The number of sulfonamides is 1. The fraction of sp³-hybridized carbons (Fsp3) is 0.333. The molecule has 1 unspecified atom stereocenters. The van der Waals surface area contributed by atoms with Crippen LogP contribution in [0.4, 0.5) is 0 Å². The van der Waals surface area contributed by atoms with Gasteiger partial charge in [-0.3, -0.25) is 0 Å². The van der Waals surface area contributed by atoms with E-state index in [1.807, 2.05) is 6.92 Å². The molecule has 1 rings (SSSR count). The van der Waals surface area contributed by atoms with Gasteiger partial charge in [0.25, 0.3) is 0 Å². The molecule has 0 heterocycles. The third-order valence-electron chi connectivity index (χ3n) is 2.83. The van der Waals surface area contributed by atoms with Crippen molar-refractivity contribution in [2.24, 2.45) is 0 Å². The number of hydrogen-bond acceptors (Lipinski definition) is 2. The standard InChI is InChI=1S/C15H19NO2S/c1-5-7-12-16(14(4)6-2)19(17,18)15-10-8-13(3)9-11-15/h6,8-11,14H,2,12H2,1,3-4H3. The lowest BCUT2D eigenvalue weighted by Crippen LogP contribution is -2.37. The molecule has 4 heteroatoms. The third-order valence-corrected chi connectivity index (χ3v) is 4.78. The van der Waals surface area contributed by atoms with Gasteiger partial charge in [-0.15, -0.1) is 12.5 Å². The highest BCUT2D eigenvalue weighted by Crippen LogP contribution is 2.18. The molecule has 0 aromatic heterocycles. The van der Waals surface area contributed by atoms with Gasteiger partial charge >= 0.3 is 0 Å². The zero-order valence-corrected chi connectivity index (χ0v) is 12.4. The number of rotatable bonds is 5. The van der Waals surface area contributed by atoms with Crippen molar-refractivity contribution < 1.29 is 8.42 Å². The van der Waals surface area contributed by atoms with Gasteiger partial charge in [-0.1, -0.05) is 29.7 Å². The molecule has 1 atom stereocenters. The van der Waals surface area contributed by atoms with E-state index in [1.54, 1.807) is 44.2 Å². The molecular weight excluding hydrogens is 258 g/mol. The molecule has 1 aromatic rings. The highest BCUT2D eigenvalue weighted by atomic mass is 32.2. The average molecular weight is 277 g/mol. The molecule has 0 radical (unpaired) electrons. The van der Waals surface area contributed by atoms with E-state index in [1.165, 1.54) is 4.31 Å². The lowest BCUT2D eigenvalue weighted by Gasteiger charge is -2.24. The molecule has 0 aliphatic carbocycles. The van der Waals surface area contributed by atoms with E-state index < -0.39 is 10.0 Å². The van der Waals surface area contributed by atoms with Gasteiger partial charge in [-0.2, -0.15) is 4.31 Å². The Bertz CT molecular complexity index is 591. The first kappa shape index (κ1) is 15.5. The highest BCUT2D eigenvalue weighted by molar-refractivity contribution is 7.89. The van der Waals surface area contributed by atoms with E-state index in [9.17, 15) is 8.42 Å². The minimum Gasteiger partial charge on any atom is -0.207 e. The Morgan fingerprint density at radius 1 is 1.37 bits per heavy atom. The summed E-state index contributed by atoms with van der Waals surface area (Å²) in [5, 5.41) is 0. The van der Waals surface area contributed by atoms with Crippen LogP contribution in [0.1, 0.15) is 19.4 Å². The number of aryl methyl sites for hydroxylation is 1. The van der Waals surface area contributed by atoms with Gasteiger partial charge in [0.05, 0.1) is 11.4 Å². The predicted octanol–water partition coefficient (Wildman–Crippen LogP) is 2.58. The molecule has 0 fully saturated rings. The molecule has 102 valence electrons. The van der Waals surface area contributed by atoms with Crippen molar-refractivity contribution in [1.82, 2.24) is 4.31 Å². The smallest absolute Gasteiger partial charge is 0.207 e. The summed E-state index contributed by atoms with van der Waals surface area (Å²) in [5.41, 5.74) is 1.02. The zero-order chi connectivity index (χ0) is 14.5. The molecule has 0 amide bonds. The third kappa shape index (κ3) is 3.69. The van der Waals surface area contributed by atoms with Crippen molar-refractivity contribution in [1.29, 1.82) is 0 Å². The fourth-order valence-electron chi connectivity index (χ4n) is 1.57. The van der Waals surface area contributed by atoms with E-state index in [4.69, 9.17) is 0 Å². The van der Waals surface area contributed by atoms with E-state index >= 15 is 0 Å². The van der Waals surface area contributed by atoms with Crippen LogP contribution in [-0.2, 0) is 10.0 Å². The molecule has 0 aliphatic heterocycles. The Balaban J connectivity index is 3.21. The first-order valence-corrected chi connectivity index (χ1v) is 7.48. The van der Waals surface area contributed by atoms with Gasteiger partial charge in [0.1, 0.15) is 0 Å². The SMILES string of the molecule is C=CC(C)N(CC#CC)S(=O)(=O)c1ccc(C)cc1. The molecule has 0 saturated heterocycles. The molecular formula is C15H19NO2S. The second kappa shape index (κ2) is 6.55. The maximum absolute atomic E-state index is 12.6. The predicted molar refractivity (Wildman–Crippen MR) is 78.2 cm³/mol. The minimum atomic E-state index is -3.54. The second-order valence-corrected chi connectivity index (χ2v) is 6.16. The molecule has 3 nitrogen and oxygen atoms in total. The highest BCUT2D eigenvalue weighted by Gasteiger charge is 2.26. The van der Waals surface area contributed by atoms with Gasteiger partial charge in [0, 0.05) is 6.04 Å². The summed E-state index contributed by atoms with van der Waals surface area (Å²) in [4.78, 5) is 0.282. The van der Waals surface area contributed by atoms with Crippen LogP contribution in [-0.4, -0.2) is 25.3 Å². The van der Waals surface area contributed by atoms with Gasteiger partial charge < -0.3 is 0 Å². The first-order chi connectivity index (χ1) is 8.93. The summed E-state index contributed by atoms with van der Waals surface area (Å²) >= 11 is 0. The molecule has 0 saturated carbocycles. The fourth-order valence-corrected chi connectivity index (χ4v) is 3.08. The van der Waals surface area contributed by atoms with Crippen LogP contribution < -0.4 is 0 Å². The van der Waals surface area contributed by atoms with Crippen molar-refractivity contribution in [2.45, 2.75) is 31.7 Å². The Hall–Kier alpha value is -1.57. The van der Waals surface area contributed by atoms with Gasteiger partial charge in [0.2, 0.25) is 10.0 Å². The summed E-state index contributed by atoms with van der Waals surface area (Å²) < 4.78 is 26.5. The van der Waals surface area contributed by atoms with Crippen LogP contribution in [0.25, 0.3) is 0 Å². The molecule has 1 aromatic carbocycles. The lowest BCUT2D eigenvalue weighted by atomic mass is 10.2. The molecule has 19 heavy (non-hydrogen) atoms. The van der Waals surface area contributed by atoms with Crippen molar-refractivity contribution in [3.63, 3.8) is 0 Å². The maximum Gasteiger partial charge on any atom is 0.244 e. The molecule has 0 N–H and O–H groups in total. The number of nitrogens with zero attached hydrogens (tertiary/aromatic N) is 1. The number of hydrogen-bond donors (Lipinski definition) is 0. The maximum atomic E-state index is 12.6. The minimum absolute atomic E-state index is 0.167. The molecule has 0 bridgehead atoms. The van der Waals surface area contributed by atoms with Crippen molar-refractivity contribution in [3.05, 3.63) is 42.5 Å². The van der Waals surface area contributed by atoms with Crippen LogP contribution in [0.3, 0.4) is 0 Å². The van der Waals surface area contributed by atoms with Gasteiger partial charge in [-0.25, -0.2) is 8.42 Å². The van der Waals surface area contributed by atoms with Crippen LogP contribution in [0.15, 0.2) is 41.8 Å². The lowest BCUT2D eigenvalue weighted by molar-refractivity contribution is 0.412. The largest absolute Gasteiger partial charge is 0.244 e. The van der Waals surface area contributed by atoms with Crippen molar-refractivity contribution >= 4 is 10.0 Å². The van der Waals surface area contributed by atoms with E-state index in [0.717, 1.165) is 5.56 Å². The zero-order valence-electron chi connectivity index (χ0n) is 11.6. The normalized spacial score (nSPS) is 12.6. The van der Waals surface area contributed by atoms with Gasteiger partial charge in [0.15, 0.2) is 0 Å². The topological polar surface area (TPSA) is 37.4 Å². The summed E-state index contributed by atoms with van der Waals surface area (Å²) in [5.74, 6) is 5.52. The quantitative estimate of drug-likeness (QED) is 0.613. The molecule has 0 aliphatic rings. The summed E-state index contributed by atoms with van der Waals surface area (Å²) in [6, 6.07) is 6.51. The molecule has 0 spiro atoms. The van der Waals surface area contributed by atoms with Crippen LogP contribution in [0, 0.1) is 18.8 Å². The van der Waals surface area contributed by atoms with Crippen LogP contribution >= 0.6 is 0 Å². The Morgan fingerprint density at radius 3 is 2.42 bits per heavy atom. The van der Waals surface area contributed by atoms with Crippen LogP contribution in [0.5, 0.6) is 0 Å². The Kier molecular flexibility index (Phi) is 5.34. The van der Waals surface area contributed by atoms with Crippen LogP contribution in [0.2, 0.25) is 0 Å². The number of benzene rings is 1. The van der Waals surface area contributed by atoms with E-state index in [0.29, 0.717) is 0 Å². The summed E-state index contributed by atoms with van der Waals surface area (Å²) in [6.07, 6.45) is 1.60. The first-order valence-electron chi connectivity index (χ1n) is 6.04. The second-order valence-electron chi connectivity index (χ2n) is 4.27. The van der Waals surface area contributed by atoms with Crippen molar-refractivity contribution in [3.8, 4) is 11.8 Å². The van der Waals surface area contributed by atoms with E-state index in [2.05, 4.69) is 18.4 Å². The Labute approximate surface area is 116 Å². The van der Waals surface area contributed by atoms with Gasteiger partial charge in [-0.05, 0) is 32.9 Å². The van der Waals surface area contributed by atoms with E-state index in [-0.39, 0.29) is 17.5 Å². The summed E-state index contributed by atoms with van der Waals surface area (Å²) in [6.45, 7) is 9.22. The monoisotopic (exact) mass is 277 g/mol. The van der Waals surface area contributed by atoms with Crippen molar-refractivity contribution in [2.75, 3.05) is 6.54 Å². The average Bonchev–Trinajstić information content (AvgIpc) is 2.39. The Morgan fingerprint density at radius 2 is 1.95 bits per heavy atom. The summed E-state index contributed by atoms with van der Waals surface area (Å²) in [7, 11) is -3.54.